The largest absolute Gasteiger partial charge is 0.479 e. The molecule has 0 bridgehead atoms. The van der Waals surface area contributed by atoms with Gasteiger partial charge in [0.15, 0.2) is 0 Å². The van der Waals surface area contributed by atoms with Crippen LogP contribution in [-0.4, -0.2) is 40.7 Å². The Morgan fingerprint density at radius 2 is 1.90 bits per heavy atom. The lowest BCUT2D eigenvalue weighted by Crippen LogP contribution is -2.36. The standard InChI is InChI=1S/C26H27Cl2FN6O4/c1-12(2)21(32-18-10-31-26(39-5)33-23(18)38-4)19-20(30)25(37)35(14-9-16(28)24(36)34(3)11-14)22(19)15-7-6-13(27)8-17(15)29/h6-12,20,22,32H,30H2,1-5H3/b21-19+. The number of aromatic nitrogens is 3. The van der Waals surface area contributed by atoms with Crippen molar-refractivity contribution >= 4 is 40.5 Å². The number of ether oxygens (including phenoxy) is 2. The van der Waals surface area contributed by atoms with E-state index >= 15 is 4.39 Å². The normalized spacial score (nSPS) is 18.5. The maximum absolute atomic E-state index is 15.5. The lowest BCUT2D eigenvalue weighted by atomic mass is 9.91. The number of nitrogens with zero attached hydrogens (tertiary/aromatic N) is 4. The summed E-state index contributed by atoms with van der Waals surface area (Å²) in [6.45, 7) is 3.79. The van der Waals surface area contributed by atoms with E-state index in [0.717, 1.165) is 6.07 Å². The summed E-state index contributed by atoms with van der Waals surface area (Å²) in [5.41, 5.74) is 7.84. The van der Waals surface area contributed by atoms with Gasteiger partial charge in [-0.1, -0.05) is 43.1 Å². The zero-order valence-corrected chi connectivity index (χ0v) is 23.3. The van der Waals surface area contributed by atoms with Crippen molar-refractivity contribution in [1.29, 1.82) is 0 Å². The van der Waals surface area contributed by atoms with E-state index in [2.05, 4.69) is 15.3 Å². The van der Waals surface area contributed by atoms with Crippen molar-refractivity contribution in [3.05, 3.63) is 79.7 Å². The molecule has 13 heteroatoms. The summed E-state index contributed by atoms with van der Waals surface area (Å²) in [5, 5.41) is 3.35. The summed E-state index contributed by atoms with van der Waals surface area (Å²) in [4.78, 5) is 35.7. The van der Waals surface area contributed by atoms with Crippen LogP contribution in [0.1, 0.15) is 25.5 Å². The maximum atomic E-state index is 15.5. The Morgan fingerprint density at radius 3 is 2.49 bits per heavy atom. The number of carbonyl (C=O) groups excluding carboxylic acids is 1. The Morgan fingerprint density at radius 1 is 1.18 bits per heavy atom. The van der Waals surface area contributed by atoms with Gasteiger partial charge in [0.1, 0.15) is 22.6 Å². The smallest absolute Gasteiger partial charge is 0.319 e. The van der Waals surface area contributed by atoms with Crippen LogP contribution in [0.15, 0.2) is 52.7 Å². The average molecular weight is 577 g/mol. The van der Waals surface area contributed by atoms with Gasteiger partial charge in [-0.2, -0.15) is 4.98 Å². The van der Waals surface area contributed by atoms with Gasteiger partial charge in [0.25, 0.3) is 5.56 Å². The number of halogens is 3. The van der Waals surface area contributed by atoms with Crippen molar-refractivity contribution in [2.24, 2.45) is 18.7 Å². The third-order valence-corrected chi connectivity index (χ3v) is 6.82. The molecule has 1 aliphatic heterocycles. The van der Waals surface area contributed by atoms with Crippen molar-refractivity contribution in [3.8, 4) is 11.9 Å². The number of rotatable bonds is 7. The molecule has 1 aliphatic rings. The molecule has 4 rings (SSSR count). The van der Waals surface area contributed by atoms with E-state index < -0.39 is 29.4 Å². The molecule has 10 nitrogen and oxygen atoms in total. The van der Waals surface area contributed by atoms with Gasteiger partial charge in [-0.3, -0.25) is 14.5 Å². The van der Waals surface area contributed by atoms with Crippen LogP contribution in [-0.2, 0) is 11.8 Å². The minimum atomic E-state index is -1.17. The van der Waals surface area contributed by atoms with Gasteiger partial charge in [-0.05, 0) is 24.1 Å². The van der Waals surface area contributed by atoms with Crippen LogP contribution in [0, 0.1) is 11.7 Å². The highest BCUT2D eigenvalue weighted by molar-refractivity contribution is 6.31. The fourth-order valence-electron chi connectivity index (χ4n) is 4.51. The van der Waals surface area contributed by atoms with E-state index in [1.54, 1.807) is 0 Å². The number of aryl methyl sites for hydroxylation is 1. The highest BCUT2D eigenvalue weighted by Gasteiger charge is 2.47. The van der Waals surface area contributed by atoms with Crippen LogP contribution in [0.2, 0.25) is 10.0 Å². The van der Waals surface area contributed by atoms with Gasteiger partial charge < -0.3 is 25.1 Å². The van der Waals surface area contributed by atoms with Crippen LogP contribution in [0.25, 0.3) is 0 Å². The Kier molecular flexibility index (Phi) is 8.15. The second-order valence-electron chi connectivity index (χ2n) is 9.14. The van der Waals surface area contributed by atoms with Crippen LogP contribution in [0.3, 0.4) is 0 Å². The van der Waals surface area contributed by atoms with Gasteiger partial charge in [0.2, 0.25) is 11.8 Å². The molecule has 39 heavy (non-hydrogen) atoms. The first kappa shape index (κ1) is 28.3. The quantitative estimate of drug-likeness (QED) is 0.431. The SMILES string of the molecule is COc1ncc(N/C(=C2\C(N)C(=O)N(c3cc(Cl)c(=O)n(C)c3)C2c2ccc(Cl)cc2F)C(C)C)c(OC)n1. The van der Waals surface area contributed by atoms with Crippen LogP contribution in [0.5, 0.6) is 11.9 Å². The van der Waals surface area contributed by atoms with Gasteiger partial charge >= 0.3 is 6.01 Å². The fourth-order valence-corrected chi connectivity index (χ4v) is 4.92. The lowest BCUT2D eigenvalue weighted by molar-refractivity contribution is -0.118. The number of anilines is 2. The molecule has 206 valence electrons. The Hall–Kier alpha value is -3.67. The molecule has 2 atom stereocenters. The third kappa shape index (κ3) is 5.29. The average Bonchev–Trinajstić information content (AvgIpc) is 3.15. The Labute approximate surface area is 234 Å². The Bertz CT molecular complexity index is 1500. The number of allylic oxidation sites excluding steroid dienone is 1. The first-order valence-corrected chi connectivity index (χ1v) is 12.6. The summed E-state index contributed by atoms with van der Waals surface area (Å²) in [5.74, 6) is -1.19. The molecule has 1 amide bonds. The minimum Gasteiger partial charge on any atom is -0.479 e. The summed E-state index contributed by atoms with van der Waals surface area (Å²) in [6, 6.07) is 3.48. The zero-order chi connectivity index (χ0) is 28.6. The fraction of sp³-hybridized carbons (Fsp3) is 0.308. The van der Waals surface area contributed by atoms with E-state index in [-0.39, 0.29) is 39.1 Å². The summed E-state index contributed by atoms with van der Waals surface area (Å²) in [6.07, 6.45) is 2.92. The molecule has 1 fully saturated rings. The lowest BCUT2D eigenvalue weighted by Gasteiger charge is -2.29. The van der Waals surface area contributed by atoms with E-state index in [4.69, 9.17) is 38.4 Å². The zero-order valence-electron chi connectivity index (χ0n) is 21.8. The van der Waals surface area contributed by atoms with Gasteiger partial charge in [0.05, 0.1) is 32.1 Å². The molecule has 2 unspecified atom stereocenters. The van der Waals surface area contributed by atoms with Crippen molar-refractivity contribution in [2.45, 2.75) is 25.9 Å². The number of nitrogens with one attached hydrogen (secondary N) is 1. The van der Waals surface area contributed by atoms with E-state index in [9.17, 15) is 9.59 Å². The van der Waals surface area contributed by atoms with E-state index in [1.807, 2.05) is 13.8 Å². The molecule has 3 N–H and O–H groups in total. The topological polar surface area (TPSA) is 125 Å². The van der Waals surface area contributed by atoms with Crippen molar-refractivity contribution in [2.75, 3.05) is 24.4 Å². The first-order chi connectivity index (χ1) is 18.5. The molecule has 0 saturated carbocycles. The summed E-state index contributed by atoms with van der Waals surface area (Å²) in [7, 11) is 4.37. The number of hydrogen-bond donors (Lipinski definition) is 2. The van der Waals surface area contributed by atoms with Crippen LogP contribution >= 0.6 is 23.2 Å². The van der Waals surface area contributed by atoms with E-state index in [1.165, 1.54) is 61.3 Å². The number of carbonyl (C=O) groups is 1. The highest BCUT2D eigenvalue weighted by Crippen LogP contribution is 2.45. The summed E-state index contributed by atoms with van der Waals surface area (Å²) < 4.78 is 27.2. The molecular weight excluding hydrogens is 550 g/mol. The molecule has 3 aromatic rings. The predicted molar refractivity (Wildman–Crippen MR) is 147 cm³/mol. The number of amides is 1. The molecular formula is C26H27Cl2FN6O4. The molecule has 0 spiro atoms. The minimum absolute atomic E-state index is 0.0998. The number of benzene rings is 1. The molecule has 1 aromatic carbocycles. The van der Waals surface area contributed by atoms with Crippen molar-refractivity contribution < 1.29 is 18.7 Å². The molecule has 3 heterocycles. The van der Waals surface area contributed by atoms with Crippen LogP contribution in [0.4, 0.5) is 15.8 Å². The van der Waals surface area contributed by atoms with E-state index in [0.29, 0.717) is 17.0 Å². The number of methoxy groups -OCH3 is 2. The van der Waals surface area contributed by atoms with Gasteiger partial charge in [0, 0.05) is 35.1 Å². The van der Waals surface area contributed by atoms with Crippen molar-refractivity contribution in [1.82, 2.24) is 14.5 Å². The first-order valence-electron chi connectivity index (χ1n) is 11.8. The molecule has 0 radical (unpaired) electrons. The second kappa shape index (κ2) is 11.2. The molecule has 0 aliphatic carbocycles. The molecule has 1 saturated heterocycles. The predicted octanol–water partition coefficient (Wildman–Crippen LogP) is 4.08. The monoisotopic (exact) mass is 576 g/mol. The third-order valence-electron chi connectivity index (χ3n) is 6.32. The highest BCUT2D eigenvalue weighted by atomic mass is 35.5. The second-order valence-corrected chi connectivity index (χ2v) is 9.99. The maximum Gasteiger partial charge on any atom is 0.319 e. The van der Waals surface area contributed by atoms with Crippen LogP contribution < -0.4 is 31.0 Å². The van der Waals surface area contributed by atoms with Gasteiger partial charge in [-0.25, -0.2) is 9.37 Å². The number of hydrogen-bond acceptors (Lipinski definition) is 8. The number of pyridine rings is 1. The number of nitrogens with two attached hydrogens (primary N) is 1. The summed E-state index contributed by atoms with van der Waals surface area (Å²) >= 11 is 12.2. The van der Waals surface area contributed by atoms with Crippen molar-refractivity contribution in [3.63, 3.8) is 0 Å². The van der Waals surface area contributed by atoms with Gasteiger partial charge in [-0.15, -0.1) is 0 Å². The molecule has 2 aromatic heterocycles. The Balaban J connectivity index is 1.99.